The van der Waals surface area contributed by atoms with Crippen molar-refractivity contribution in [2.75, 3.05) is 42.9 Å². The Kier molecular flexibility index (Phi) is 7.49. The summed E-state index contributed by atoms with van der Waals surface area (Å²) in [5, 5.41) is 13.9. The van der Waals surface area contributed by atoms with Gasteiger partial charge in [-0.1, -0.05) is 29.3 Å². The van der Waals surface area contributed by atoms with Crippen LogP contribution in [0, 0.1) is 17.2 Å². The summed E-state index contributed by atoms with van der Waals surface area (Å²) in [5.74, 6) is 2.00. The third-order valence-corrected chi connectivity index (χ3v) is 6.89. The molecule has 6 nitrogen and oxygen atoms in total. The number of likely N-dealkylation sites (tertiary alicyclic amines) is 1. The monoisotopic (exact) mass is 458 g/mol. The number of anilines is 2. The minimum Gasteiger partial charge on any atom is -0.365 e. The Bertz CT molecular complexity index is 930. The molecule has 1 aromatic heterocycles. The van der Waals surface area contributed by atoms with E-state index in [-0.39, 0.29) is 0 Å². The Morgan fingerprint density at radius 3 is 2.61 bits per heavy atom. The molecule has 2 aliphatic heterocycles. The van der Waals surface area contributed by atoms with Crippen LogP contribution in [0.2, 0.25) is 10.0 Å². The quantitative estimate of drug-likeness (QED) is 0.631. The van der Waals surface area contributed by atoms with Crippen molar-refractivity contribution in [3.8, 4) is 6.07 Å². The van der Waals surface area contributed by atoms with Gasteiger partial charge in [-0.15, -0.1) is 0 Å². The molecule has 0 aliphatic carbocycles. The van der Waals surface area contributed by atoms with Gasteiger partial charge in [-0.2, -0.15) is 10.2 Å². The molecule has 2 saturated heterocycles. The maximum absolute atomic E-state index is 9.46. The van der Waals surface area contributed by atoms with Crippen LogP contribution >= 0.6 is 23.2 Å². The number of halogens is 2. The summed E-state index contributed by atoms with van der Waals surface area (Å²) < 4.78 is 0. The average molecular weight is 459 g/mol. The highest BCUT2D eigenvalue weighted by Crippen LogP contribution is 2.26. The number of nitrogens with zero attached hydrogens (tertiary/aromatic N) is 5. The number of aromatic nitrogens is 2. The van der Waals surface area contributed by atoms with Gasteiger partial charge in [0.25, 0.3) is 0 Å². The van der Waals surface area contributed by atoms with Crippen molar-refractivity contribution in [1.82, 2.24) is 14.9 Å². The van der Waals surface area contributed by atoms with E-state index in [0.717, 1.165) is 24.6 Å². The molecular formula is C23H28Cl2N6. The zero-order valence-electron chi connectivity index (χ0n) is 17.7. The van der Waals surface area contributed by atoms with Gasteiger partial charge in [-0.05, 0) is 75.4 Å². The summed E-state index contributed by atoms with van der Waals surface area (Å²) in [6.45, 7) is 6.15. The molecule has 2 aliphatic rings. The highest BCUT2D eigenvalue weighted by Gasteiger charge is 2.23. The van der Waals surface area contributed by atoms with Crippen LogP contribution in [0.3, 0.4) is 0 Å². The lowest BCUT2D eigenvalue weighted by molar-refractivity contribution is 0.279. The minimum absolute atomic E-state index is 0.425. The van der Waals surface area contributed by atoms with Gasteiger partial charge >= 0.3 is 0 Å². The summed E-state index contributed by atoms with van der Waals surface area (Å²) in [6, 6.07) is 7.56. The topological polar surface area (TPSA) is 68.1 Å². The van der Waals surface area contributed by atoms with Gasteiger partial charge in [0.15, 0.2) is 0 Å². The summed E-state index contributed by atoms with van der Waals surface area (Å²) in [6.07, 6.45) is 7.94. The Labute approximate surface area is 194 Å². The first-order valence-electron chi connectivity index (χ1n) is 11.0. The van der Waals surface area contributed by atoms with E-state index in [1.165, 1.54) is 51.7 Å². The van der Waals surface area contributed by atoms with Crippen molar-refractivity contribution in [1.29, 1.82) is 5.26 Å². The highest BCUT2D eigenvalue weighted by molar-refractivity contribution is 6.35. The van der Waals surface area contributed by atoms with E-state index >= 15 is 0 Å². The molecule has 1 N–H and O–H groups in total. The molecule has 8 heteroatoms. The van der Waals surface area contributed by atoms with Crippen molar-refractivity contribution >= 4 is 35.0 Å². The van der Waals surface area contributed by atoms with Gasteiger partial charge < -0.3 is 15.1 Å². The summed E-state index contributed by atoms with van der Waals surface area (Å²) in [5.41, 5.74) is 1.32. The molecule has 4 rings (SSSR count). The van der Waals surface area contributed by atoms with Crippen LogP contribution in [-0.4, -0.2) is 47.6 Å². The van der Waals surface area contributed by atoms with Gasteiger partial charge in [0, 0.05) is 29.7 Å². The number of hydrogen-bond donors (Lipinski definition) is 1. The van der Waals surface area contributed by atoms with Gasteiger partial charge in [0.1, 0.15) is 17.5 Å². The van der Waals surface area contributed by atoms with Crippen LogP contribution in [0.1, 0.15) is 43.2 Å². The van der Waals surface area contributed by atoms with Crippen LogP contribution in [0.4, 0.5) is 11.8 Å². The molecule has 0 spiro atoms. The fourth-order valence-electron chi connectivity index (χ4n) is 4.38. The van der Waals surface area contributed by atoms with Crippen LogP contribution in [0.15, 0.2) is 24.4 Å². The molecule has 2 aromatic rings. The zero-order valence-corrected chi connectivity index (χ0v) is 19.2. The molecule has 0 bridgehead atoms. The lowest BCUT2D eigenvalue weighted by Crippen LogP contribution is -2.36. The van der Waals surface area contributed by atoms with Gasteiger partial charge in [0.05, 0.1) is 6.20 Å². The second kappa shape index (κ2) is 10.5. The Balaban J connectivity index is 1.35. The number of piperidine rings is 1. The second-order valence-corrected chi connectivity index (χ2v) is 9.24. The fourth-order valence-corrected chi connectivity index (χ4v) is 4.85. The Morgan fingerprint density at radius 1 is 1.13 bits per heavy atom. The highest BCUT2D eigenvalue weighted by atomic mass is 35.5. The lowest BCUT2D eigenvalue weighted by atomic mass is 9.93. The molecule has 0 saturated carbocycles. The molecule has 164 valence electrons. The molecule has 1 aromatic carbocycles. The number of nitriles is 1. The van der Waals surface area contributed by atoms with E-state index in [9.17, 15) is 5.26 Å². The van der Waals surface area contributed by atoms with Crippen LogP contribution in [0.5, 0.6) is 0 Å². The number of nitrogens with one attached hydrogen (secondary N) is 1. The van der Waals surface area contributed by atoms with Crippen molar-refractivity contribution in [3.63, 3.8) is 0 Å². The Morgan fingerprint density at radius 2 is 1.90 bits per heavy atom. The number of hydrogen-bond acceptors (Lipinski definition) is 6. The maximum Gasteiger partial charge on any atom is 0.227 e. The van der Waals surface area contributed by atoms with Gasteiger partial charge in [-0.3, -0.25) is 0 Å². The molecule has 0 radical (unpaired) electrons. The van der Waals surface area contributed by atoms with E-state index in [1.54, 1.807) is 18.3 Å². The average Bonchev–Trinajstić information content (AvgIpc) is 3.31. The molecule has 3 heterocycles. The van der Waals surface area contributed by atoms with Gasteiger partial charge in [-0.25, -0.2) is 4.98 Å². The normalized spacial score (nSPS) is 17.6. The van der Waals surface area contributed by atoms with E-state index in [2.05, 4.69) is 31.2 Å². The first-order chi connectivity index (χ1) is 15.1. The third-order valence-electron chi connectivity index (χ3n) is 6.31. The zero-order chi connectivity index (χ0) is 21.6. The fraction of sp³-hybridized carbons (Fsp3) is 0.522. The third kappa shape index (κ3) is 5.79. The molecule has 0 amide bonds. The van der Waals surface area contributed by atoms with Crippen LogP contribution < -0.4 is 10.2 Å². The maximum atomic E-state index is 9.46. The smallest absolute Gasteiger partial charge is 0.227 e. The Hall–Kier alpha value is -2.07. The van der Waals surface area contributed by atoms with Crippen molar-refractivity contribution in [3.05, 3.63) is 45.6 Å². The van der Waals surface area contributed by atoms with E-state index in [0.29, 0.717) is 33.9 Å². The van der Waals surface area contributed by atoms with E-state index in [4.69, 9.17) is 23.2 Å². The minimum atomic E-state index is 0.425. The molecule has 2 fully saturated rings. The summed E-state index contributed by atoms with van der Waals surface area (Å²) in [7, 11) is 0. The first-order valence-corrected chi connectivity index (χ1v) is 11.8. The van der Waals surface area contributed by atoms with Crippen molar-refractivity contribution in [2.45, 2.75) is 38.6 Å². The number of benzene rings is 1. The predicted octanol–water partition coefficient (Wildman–Crippen LogP) is 4.97. The van der Waals surface area contributed by atoms with Crippen molar-refractivity contribution in [2.24, 2.45) is 5.92 Å². The standard InChI is InChI=1S/C23H28Cl2N6/c24-20-4-3-18(21(25)13-20)15-27-22-19(14-26)16-28-23(29-22)31-11-6-17(7-12-31)5-10-30-8-1-2-9-30/h3-4,13,16-17H,1-2,5-12,15H2,(H,27,28,29). The largest absolute Gasteiger partial charge is 0.365 e. The second-order valence-electron chi connectivity index (χ2n) is 8.40. The van der Waals surface area contributed by atoms with E-state index in [1.807, 2.05) is 6.07 Å². The molecule has 0 atom stereocenters. The molecule has 0 unspecified atom stereocenters. The van der Waals surface area contributed by atoms with E-state index < -0.39 is 0 Å². The van der Waals surface area contributed by atoms with Gasteiger partial charge in [0.2, 0.25) is 5.95 Å². The SMILES string of the molecule is N#Cc1cnc(N2CCC(CCN3CCCC3)CC2)nc1NCc1ccc(Cl)cc1Cl. The lowest BCUT2D eigenvalue weighted by Gasteiger charge is -2.33. The summed E-state index contributed by atoms with van der Waals surface area (Å²) >= 11 is 12.2. The predicted molar refractivity (Wildman–Crippen MR) is 126 cm³/mol. The first kappa shape index (κ1) is 22.1. The number of rotatable bonds is 7. The van der Waals surface area contributed by atoms with Crippen molar-refractivity contribution < 1.29 is 0 Å². The summed E-state index contributed by atoms with van der Waals surface area (Å²) in [4.78, 5) is 13.9. The molecule has 31 heavy (non-hydrogen) atoms. The van der Waals surface area contributed by atoms with Crippen LogP contribution in [0.25, 0.3) is 0 Å². The van der Waals surface area contributed by atoms with Crippen LogP contribution in [-0.2, 0) is 6.54 Å². The molecular weight excluding hydrogens is 431 g/mol.